The highest BCUT2D eigenvalue weighted by Crippen LogP contribution is 2.09. The summed E-state index contributed by atoms with van der Waals surface area (Å²) >= 11 is 0. The molecule has 0 unspecified atom stereocenters. The molecule has 0 bridgehead atoms. The van der Waals surface area contributed by atoms with Crippen LogP contribution < -0.4 is 0 Å². The number of halogens is 1. The summed E-state index contributed by atoms with van der Waals surface area (Å²) < 4.78 is 23.4. The van der Waals surface area contributed by atoms with E-state index in [9.17, 15) is 14.0 Å². The van der Waals surface area contributed by atoms with Crippen molar-refractivity contribution in [1.29, 1.82) is 0 Å². The molecule has 1 aromatic rings. The maximum Gasteiger partial charge on any atom is 0.307 e. The monoisotopic (exact) mass is 366 g/mol. The highest BCUT2D eigenvalue weighted by atomic mass is 19.1. The molecular formula is C19H27FN2O4. The molecule has 0 aromatic heterocycles. The molecule has 1 aliphatic rings. The van der Waals surface area contributed by atoms with Gasteiger partial charge in [-0.25, -0.2) is 4.39 Å². The van der Waals surface area contributed by atoms with E-state index in [0.29, 0.717) is 18.7 Å². The SMILES string of the molecule is CCOC(=O)CCN(CCCN1CCOCC1)C(=O)c1ccc(F)cc1. The Morgan fingerprint density at radius 1 is 1.19 bits per heavy atom. The molecule has 6 nitrogen and oxygen atoms in total. The third-order valence-corrected chi connectivity index (χ3v) is 4.28. The van der Waals surface area contributed by atoms with Crippen LogP contribution in [0.5, 0.6) is 0 Å². The topological polar surface area (TPSA) is 59.1 Å². The number of carbonyl (C=O) groups excluding carboxylic acids is 2. The Balaban J connectivity index is 1.92. The molecule has 1 amide bonds. The molecule has 1 aliphatic heterocycles. The van der Waals surface area contributed by atoms with E-state index in [2.05, 4.69) is 4.90 Å². The van der Waals surface area contributed by atoms with Crippen LogP contribution in [0.1, 0.15) is 30.1 Å². The number of benzene rings is 1. The lowest BCUT2D eigenvalue weighted by molar-refractivity contribution is -0.143. The number of carbonyl (C=O) groups is 2. The lowest BCUT2D eigenvalue weighted by Gasteiger charge is -2.28. The summed E-state index contributed by atoms with van der Waals surface area (Å²) in [6.45, 7) is 7.04. The second-order valence-corrected chi connectivity index (χ2v) is 6.16. The molecule has 0 aliphatic carbocycles. The fourth-order valence-electron chi connectivity index (χ4n) is 2.86. The van der Waals surface area contributed by atoms with E-state index in [1.165, 1.54) is 24.3 Å². The fraction of sp³-hybridized carbons (Fsp3) is 0.579. The van der Waals surface area contributed by atoms with Crippen molar-refractivity contribution < 1.29 is 23.5 Å². The predicted octanol–water partition coefficient (Wildman–Crippen LogP) is 1.94. The van der Waals surface area contributed by atoms with Crippen LogP contribution in [0.2, 0.25) is 0 Å². The molecule has 0 atom stereocenters. The number of ether oxygens (including phenoxy) is 2. The van der Waals surface area contributed by atoms with Gasteiger partial charge in [-0.3, -0.25) is 14.5 Å². The van der Waals surface area contributed by atoms with Gasteiger partial charge in [-0.1, -0.05) is 0 Å². The number of rotatable bonds is 9. The van der Waals surface area contributed by atoms with Crippen LogP contribution in [0, 0.1) is 5.82 Å². The van der Waals surface area contributed by atoms with Gasteiger partial charge in [-0.05, 0) is 37.6 Å². The molecule has 1 saturated heterocycles. The van der Waals surface area contributed by atoms with Crippen molar-refractivity contribution in [3.8, 4) is 0 Å². The standard InChI is InChI=1S/C19H27FN2O4/c1-2-26-18(23)8-11-22(10-3-9-21-12-14-25-15-13-21)19(24)16-4-6-17(20)7-5-16/h4-7H,2-3,8-15H2,1H3. The van der Waals surface area contributed by atoms with Gasteiger partial charge in [0.15, 0.2) is 0 Å². The fourth-order valence-corrected chi connectivity index (χ4v) is 2.86. The van der Waals surface area contributed by atoms with Crippen molar-refractivity contribution in [3.05, 3.63) is 35.6 Å². The van der Waals surface area contributed by atoms with Crippen LogP contribution >= 0.6 is 0 Å². The smallest absolute Gasteiger partial charge is 0.307 e. The molecule has 0 radical (unpaired) electrons. The van der Waals surface area contributed by atoms with Crippen molar-refractivity contribution in [2.75, 3.05) is 52.5 Å². The van der Waals surface area contributed by atoms with Crippen molar-refractivity contribution in [3.63, 3.8) is 0 Å². The van der Waals surface area contributed by atoms with Crippen LogP contribution in [-0.4, -0.2) is 74.2 Å². The van der Waals surface area contributed by atoms with E-state index in [0.717, 1.165) is 39.3 Å². The first-order chi connectivity index (χ1) is 12.6. The van der Waals surface area contributed by atoms with Gasteiger partial charge in [0.05, 0.1) is 26.2 Å². The Hall–Kier alpha value is -1.99. The number of esters is 1. The van der Waals surface area contributed by atoms with Gasteiger partial charge in [-0.15, -0.1) is 0 Å². The minimum atomic E-state index is -0.382. The van der Waals surface area contributed by atoms with E-state index >= 15 is 0 Å². The Bertz CT molecular complexity index is 573. The zero-order valence-electron chi connectivity index (χ0n) is 15.3. The maximum absolute atomic E-state index is 13.1. The molecule has 1 aromatic carbocycles. The first kappa shape index (κ1) is 20.3. The normalized spacial score (nSPS) is 14.8. The molecule has 1 heterocycles. The molecule has 0 N–H and O–H groups in total. The summed E-state index contributed by atoms with van der Waals surface area (Å²) in [5.41, 5.74) is 0.418. The number of amides is 1. The van der Waals surface area contributed by atoms with E-state index in [4.69, 9.17) is 9.47 Å². The highest BCUT2D eigenvalue weighted by Gasteiger charge is 2.18. The minimum absolute atomic E-state index is 0.151. The molecule has 2 rings (SSSR count). The molecule has 0 spiro atoms. The minimum Gasteiger partial charge on any atom is -0.466 e. The maximum atomic E-state index is 13.1. The largest absolute Gasteiger partial charge is 0.466 e. The lowest BCUT2D eigenvalue weighted by atomic mass is 10.2. The van der Waals surface area contributed by atoms with Crippen molar-refractivity contribution >= 4 is 11.9 Å². The molecule has 144 valence electrons. The molecule has 7 heteroatoms. The van der Waals surface area contributed by atoms with Gasteiger partial charge >= 0.3 is 5.97 Å². The summed E-state index contributed by atoms with van der Waals surface area (Å²) in [4.78, 5) is 28.3. The summed E-state index contributed by atoms with van der Waals surface area (Å²) in [5, 5.41) is 0. The van der Waals surface area contributed by atoms with Gasteiger partial charge in [0.25, 0.3) is 5.91 Å². The Labute approximate surface area is 153 Å². The van der Waals surface area contributed by atoms with Crippen molar-refractivity contribution in [2.24, 2.45) is 0 Å². The van der Waals surface area contributed by atoms with Gasteiger partial charge in [0, 0.05) is 38.3 Å². The Kier molecular flexibility index (Phi) is 8.50. The van der Waals surface area contributed by atoms with Crippen molar-refractivity contribution in [2.45, 2.75) is 19.8 Å². The zero-order valence-corrected chi connectivity index (χ0v) is 15.3. The van der Waals surface area contributed by atoms with Gasteiger partial charge in [0.2, 0.25) is 0 Å². The Morgan fingerprint density at radius 3 is 2.54 bits per heavy atom. The number of morpholine rings is 1. The van der Waals surface area contributed by atoms with Crippen LogP contribution in [0.15, 0.2) is 24.3 Å². The Morgan fingerprint density at radius 2 is 1.88 bits per heavy atom. The van der Waals surface area contributed by atoms with Gasteiger partial charge < -0.3 is 14.4 Å². The third kappa shape index (κ3) is 6.72. The average molecular weight is 366 g/mol. The van der Waals surface area contributed by atoms with Crippen LogP contribution in [-0.2, 0) is 14.3 Å². The van der Waals surface area contributed by atoms with Crippen LogP contribution in [0.25, 0.3) is 0 Å². The summed E-state index contributed by atoms with van der Waals surface area (Å²) in [5.74, 6) is -0.902. The quantitative estimate of drug-likeness (QED) is 0.625. The van der Waals surface area contributed by atoms with E-state index < -0.39 is 0 Å². The van der Waals surface area contributed by atoms with Gasteiger partial charge in [0.1, 0.15) is 5.82 Å². The summed E-state index contributed by atoms with van der Waals surface area (Å²) in [7, 11) is 0. The summed E-state index contributed by atoms with van der Waals surface area (Å²) in [6, 6.07) is 5.48. The van der Waals surface area contributed by atoms with Gasteiger partial charge in [-0.2, -0.15) is 0 Å². The molecular weight excluding hydrogens is 339 g/mol. The molecule has 26 heavy (non-hydrogen) atoms. The first-order valence-corrected chi connectivity index (χ1v) is 9.10. The zero-order chi connectivity index (χ0) is 18.8. The molecule has 1 fully saturated rings. The first-order valence-electron chi connectivity index (χ1n) is 9.10. The van der Waals surface area contributed by atoms with Crippen LogP contribution in [0.4, 0.5) is 4.39 Å². The molecule has 0 saturated carbocycles. The third-order valence-electron chi connectivity index (χ3n) is 4.28. The lowest BCUT2D eigenvalue weighted by Crippen LogP contribution is -2.39. The second kappa shape index (κ2) is 10.9. The number of nitrogens with zero attached hydrogens (tertiary/aromatic N) is 2. The second-order valence-electron chi connectivity index (χ2n) is 6.16. The van der Waals surface area contributed by atoms with E-state index in [-0.39, 0.29) is 30.7 Å². The van der Waals surface area contributed by atoms with E-state index in [1.54, 1.807) is 11.8 Å². The summed E-state index contributed by atoms with van der Waals surface area (Å²) in [6.07, 6.45) is 0.952. The number of hydrogen-bond acceptors (Lipinski definition) is 5. The predicted molar refractivity (Wildman–Crippen MR) is 95.4 cm³/mol. The van der Waals surface area contributed by atoms with Crippen molar-refractivity contribution in [1.82, 2.24) is 9.80 Å². The average Bonchev–Trinajstić information content (AvgIpc) is 2.65. The number of hydrogen-bond donors (Lipinski definition) is 0. The van der Waals surface area contributed by atoms with Crippen LogP contribution in [0.3, 0.4) is 0 Å². The highest BCUT2D eigenvalue weighted by molar-refractivity contribution is 5.94. The van der Waals surface area contributed by atoms with E-state index in [1.807, 2.05) is 0 Å².